The summed E-state index contributed by atoms with van der Waals surface area (Å²) in [4.78, 5) is 56.3. The van der Waals surface area contributed by atoms with E-state index in [2.05, 4.69) is 0 Å². The van der Waals surface area contributed by atoms with E-state index in [1.807, 2.05) is 0 Å². The van der Waals surface area contributed by atoms with Gasteiger partial charge in [-0.25, -0.2) is 0 Å². The van der Waals surface area contributed by atoms with E-state index in [4.69, 9.17) is 20.4 Å². The molecule has 0 amide bonds. The fourth-order valence-corrected chi connectivity index (χ4v) is 2.36. The van der Waals surface area contributed by atoms with Gasteiger partial charge in [-0.1, -0.05) is 6.42 Å². The maximum absolute atomic E-state index is 11.3. The third-order valence-electron chi connectivity index (χ3n) is 3.32. The SMILES string of the molecule is O=C(O)CN(CCCCC(C(=O)O)N(CC(=O)O)CC(=O)O)CC(=O)O. The largest absolute Gasteiger partial charge is 0.480 e. The first-order valence-electron chi connectivity index (χ1n) is 7.59. The van der Waals surface area contributed by atoms with Crippen LogP contribution in [-0.2, 0) is 24.0 Å². The average Bonchev–Trinajstić information content (AvgIpc) is 2.43. The van der Waals surface area contributed by atoms with E-state index < -0.39 is 62.1 Å². The van der Waals surface area contributed by atoms with E-state index >= 15 is 0 Å². The maximum Gasteiger partial charge on any atom is 0.320 e. The molecule has 12 heteroatoms. The molecule has 0 aliphatic heterocycles. The Bertz CT molecular complexity index is 504. The van der Waals surface area contributed by atoms with Crippen LogP contribution in [0, 0.1) is 0 Å². The molecule has 5 N–H and O–H groups in total. The summed E-state index contributed by atoms with van der Waals surface area (Å²) in [6.07, 6.45) is 0.407. The number of hydrogen-bond donors (Lipinski definition) is 5. The van der Waals surface area contributed by atoms with Gasteiger partial charge in [0.1, 0.15) is 6.04 Å². The molecule has 1 unspecified atom stereocenters. The molecular weight excluding hydrogens is 356 g/mol. The van der Waals surface area contributed by atoms with Crippen LogP contribution in [0.25, 0.3) is 0 Å². The molecule has 0 aromatic rings. The molecule has 0 fully saturated rings. The molecule has 0 aromatic heterocycles. The summed E-state index contributed by atoms with van der Waals surface area (Å²) in [5, 5.41) is 44.3. The normalized spacial score (nSPS) is 12.1. The number of carboxylic acids is 5. The van der Waals surface area contributed by atoms with Crippen LogP contribution >= 0.6 is 0 Å². The lowest BCUT2D eigenvalue weighted by molar-refractivity contribution is -0.149. The first-order valence-corrected chi connectivity index (χ1v) is 7.59. The first kappa shape index (κ1) is 23.3. The number of nitrogens with zero attached hydrogens (tertiary/aromatic N) is 2. The number of aliphatic carboxylic acids is 5. The van der Waals surface area contributed by atoms with Crippen LogP contribution in [0.15, 0.2) is 0 Å². The molecule has 1 atom stereocenters. The maximum atomic E-state index is 11.3. The Kier molecular flexibility index (Phi) is 10.5. The highest BCUT2D eigenvalue weighted by molar-refractivity contribution is 5.78. The van der Waals surface area contributed by atoms with E-state index in [-0.39, 0.29) is 25.8 Å². The zero-order valence-electron chi connectivity index (χ0n) is 13.9. The van der Waals surface area contributed by atoms with Crippen molar-refractivity contribution in [2.24, 2.45) is 0 Å². The summed E-state index contributed by atoms with van der Waals surface area (Å²) < 4.78 is 0. The van der Waals surface area contributed by atoms with Crippen LogP contribution in [-0.4, -0.2) is 104 Å². The Labute approximate surface area is 148 Å². The Hall–Kier alpha value is -2.73. The molecule has 0 heterocycles. The lowest BCUT2D eigenvalue weighted by Crippen LogP contribution is -2.46. The van der Waals surface area contributed by atoms with Crippen molar-refractivity contribution in [3.05, 3.63) is 0 Å². The molecule has 0 saturated carbocycles. The van der Waals surface area contributed by atoms with Crippen LogP contribution in [0.3, 0.4) is 0 Å². The van der Waals surface area contributed by atoms with Crippen molar-refractivity contribution in [3.63, 3.8) is 0 Å². The van der Waals surface area contributed by atoms with Gasteiger partial charge in [-0.15, -0.1) is 0 Å². The number of carboxylic acid groups (broad SMARTS) is 5. The Morgan fingerprint density at radius 1 is 0.654 bits per heavy atom. The smallest absolute Gasteiger partial charge is 0.320 e. The minimum atomic E-state index is -1.37. The molecule has 0 bridgehead atoms. The van der Waals surface area contributed by atoms with Crippen molar-refractivity contribution in [3.8, 4) is 0 Å². The second-order valence-corrected chi connectivity index (χ2v) is 5.54. The van der Waals surface area contributed by atoms with Crippen LogP contribution in [0.4, 0.5) is 0 Å². The van der Waals surface area contributed by atoms with Crippen molar-refractivity contribution in [2.45, 2.75) is 25.3 Å². The minimum Gasteiger partial charge on any atom is -0.480 e. The van der Waals surface area contributed by atoms with E-state index in [1.54, 1.807) is 0 Å². The summed E-state index contributed by atoms with van der Waals surface area (Å²) in [5.74, 6) is -6.52. The molecule has 0 saturated heterocycles. The number of rotatable bonds is 15. The van der Waals surface area contributed by atoms with Crippen molar-refractivity contribution in [1.29, 1.82) is 0 Å². The third kappa shape index (κ3) is 10.9. The van der Waals surface area contributed by atoms with Crippen molar-refractivity contribution in [1.82, 2.24) is 9.80 Å². The van der Waals surface area contributed by atoms with Gasteiger partial charge in [0.2, 0.25) is 0 Å². The monoisotopic (exact) mass is 378 g/mol. The van der Waals surface area contributed by atoms with Crippen molar-refractivity contribution in [2.75, 3.05) is 32.7 Å². The minimum absolute atomic E-state index is 0.0656. The van der Waals surface area contributed by atoms with Crippen LogP contribution in [0.2, 0.25) is 0 Å². The molecule has 0 aliphatic carbocycles. The second-order valence-electron chi connectivity index (χ2n) is 5.54. The summed E-state index contributed by atoms with van der Waals surface area (Å²) in [5.41, 5.74) is 0. The van der Waals surface area contributed by atoms with E-state index in [9.17, 15) is 29.1 Å². The lowest BCUT2D eigenvalue weighted by Gasteiger charge is -2.26. The number of unbranched alkanes of at least 4 members (excludes halogenated alkanes) is 1. The van der Waals surface area contributed by atoms with Gasteiger partial charge in [0.05, 0.1) is 26.2 Å². The Morgan fingerprint density at radius 2 is 1.08 bits per heavy atom. The van der Waals surface area contributed by atoms with Crippen LogP contribution in [0.1, 0.15) is 19.3 Å². The molecule has 0 spiro atoms. The highest BCUT2D eigenvalue weighted by Crippen LogP contribution is 2.10. The second kappa shape index (κ2) is 11.8. The molecule has 148 valence electrons. The predicted octanol–water partition coefficient (Wildman–Crippen LogP) is -1.45. The van der Waals surface area contributed by atoms with Crippen LogP contribution < -0.4 is 0 Å². The fraction of sp³-hybridized carbons (Fsp3) is 0.643. The highest BCUT2D eigenvalue weighted by atomic mass is 16.4. The van der Waals surface area contributed by atoms with Gasteiger partial charge >= 0.3 is 29.8 Å². The molecule has 12 nitrogen and oxygen atoms in total. The van der Waals surface area contributed by atoms with Crippen molar-refractivity contribution < 1.29 is 49.5 Å². The Morgan fingerprint density at radius 3 is 1.42 bits per heavy atom. The molecule has 0 rings (SSSR count). The van der Waals surface area contributed by atoms with Gasteiger partial charge in [0.15, 0.2) is 0 Å². The van der Waals surface area contributed by atoms with Gasteiger partial charge < -0.3 is 25.5 Å². The predicted molar refractivity (Wildman–Crippen MR) is 83.8 cm³/mol. The van der Waals surface area contributed by atoms with Gasteiger partial charge in [-0.2, -0.15) is 0 Å². The number of carbonyl (C=O) groups is 5. The van der Waals surface area contributed by atoms with Gasteiger partial charge in [-0.3, -0.25) is 33.8 Å². The molecule has 0 aromatic carbocycles. The zero-order valence-corrected chi connectivity index (χ0v) is 13.9. The van der Waals surface area contributed by atoms with Crippen molar-refractivity contribution >= 4 is 29.8 Å². The van der Waals surface area contributed by atoms with Gasteiger partial charge in [0.25, 0.3) is 0 Å². The lowest BCUT2D eigenvalue weighted by atomic mass is 10.1. The first-order chi connectivity index (χ1) is 12.0. The van der Waals surface area contributed by atoms with Gasteiger partial charge in [-0.05, 0) is 19.4 Å². The van der Waals surface area contributed by atoms with E-state index in [0.29, 0.717) is 0 Å². The number of hydrogen-bond acceptors (Lipinski definition) is 7. The third-order valence-corrected chi connectivity index (χ3v) is 3.32. The van der Waals surface area contributed by atoms with Gasteiger partial charge in [0, 0.05) is 0 Å². The summed E-state index contributed by atoms with van der Waals surface area (Å²) in [6.45, 7) is -2.40. The standard InChI is InChI=1S/C14H22N2O10/c17-10(18)5-15(6-11(19)20)4-2-1-3-9(14(25)26)16(7-12(21)22)8-13(23)24/h9H,1-8H2,(H,17,18)(H,19,20)(H,21,22)(H,23,24)(H,25,26). The fourth-order valence-electron chi connectivity index (χ4n) is 2.36. The molecule has 0 radical (unpaired) electrons. The summed E-state index contributed by atoms with van der Waals surface area (Å²) >= 11 is 0. The molecular formula is C14H22N2O10. The Balaban J connectivity index is 4.72. The topological polar surface area (TPSA) is 193 Å². The summed E-state index contributed by atoms with van der Waals surface area (Å²) in [7, 11) is 0. The average molecular weight is 378 g/mol. The van der Waals surface area contributed by atoms with Crippen LogP contribution in [0.5, 0.6) is 0 Å². The molecule has 0 aliphatic rings. The highest BCUT2D eigenvalue weighted by Gasteiger charge is 2.28. The molecule has 26 heavy (non-hydrogen) atoms. The quantitative estimate of drug-likeness (QED) is 0.208. The van der Waals surface area contributed by atoms with E-state index in [1.165, 1.54) is 0 Å². The zero-order chi connectivity index (χ0) is 20.3. The summed E-state index contributed by atoms with van der Waals surface area (Å²) in [6, 6.07) is -1.34. The van der Waals surface area contributed by atoms with E-state index in [0.717, 1.165) is 9.80 Å².